The summed E-state index contributed by atoms with van der Waals surface area (Å²) in [5.74, 6) is -6.14. The van der Waals surface area contributed by atoms with Crippen molar-refractivity contribution in [2.24, 2.45) is 17.8 Å². The van der Waals surface area contributed by atoms with Crippen LogP contribution in [-0.4, -0.2) is 34.3 Å². The van der Waals surface area contributed by atoms with E-state index < -0.39 is 41.1 Å². The Morgan fingerprint density at radius 3 is 2.41 bits per heavy atom. The molecule has 0 spiro atoms. The molecule has 0 saturated carbocycles. The molecule has 7 nitrogen and oxygen atoms in total. The summed E-state index contributed by atoms with van der Waals surface area (Å²) in [5.41, 5.74) is 2.24. The molecule has 0 unspecified atom stereocenters. The highest BCUT2D eigenvalue weighted by Gasteiger charge is 2.56. The molecule has 1 aliphatic heterocycles. The smallest absolute Gasteiger partial charge is 0.238 e. The molecule has 1 fully saturated rings. The van der Waals surface area contributed by atoms with Gasteiger partial charge < -0.3 is 5.11 Å². The lowest BCUT2D eigenvalue weighted by Gasteiger charge is -2.42. The Hall–Kier alpha value is -4.46. The second-order valence-corrected chi connectivity index (χ2v) is 10.5. The fourth-order valence-electron chi connectivity index (χ4n) is 6.58. The minimum absolute atomic E-state index is 0.0827. The molecule has 196 valence electrons. The van der Waals surface area contributed by atoms with Gasteiger partial charge in [0.25, 0.3) is 0 Å². The van der Waals surface area contributed by atoms with E-state index in [4.69, 9.17) is 0 Å². The molecule has 1 saturated heterocycles. The van der Waals surface area contributed by atoms with Crippen molar-refractivity contribution >= 4 is 34.9 Å². The summed E-state index contributed by atoms with van der Waals surface area (Å²) in [5, 5.41) is 10.7. The van der Waals surface area contributed by atoms with Gasteiger partial charge in [-0.05, 0) is 69.0 Å². The summed E-state index contributed by atoms with van der Waals surface area (Å²) in [6, 6.07) is 10.3. The van der Waals surface area contributed by atoms with Crippen LogP contribution in [0.1, 0.15) is 48.5 Å². The molecule has 1 N–H and O–H groups in total. The molecule has 6 rings (SSSR count). The summed E-state index contributed by atoms with van der Waals surface area (Å²) >= 11 is 0. The van der Waals surface area contributed by atoms with Crippen molar-refractivity contribution in [1.29, 1.82) is 0 Å². The molecule has 2 aromatic carbocycles. The Labute approximate surface area is 223 Å². The number of carbonyl (C=O) groups excluding carboxylic acids is 5. The largest absolute Gasteiger partial charge is 0.505 e. The van der Waals surface area contributed by atoms with E-state index in [1.807, 2.05) is 6.08 Å². The van der Waals surface area contributed by atoms with E-state index in [1.165, 1.54) is 32.1 Å². The van der Waals surface area contributed by atoms with Crippen LogP contribution in [-0.2, 0) is 19.2 Å². The SMILES string of the molecule is CC(=O)c1ccc(N2C(=O)[C@H]3[C@H](CC=C4[C@H](c5cccc(F)c5O)C5=C(C[C@H]43)C(=O)C=C(C)C5=O)C2=O)cc1. The highest BCUT2D eigenvalue weighted by molar-refractivity contribution is 6.25. The summed E-state index contributed by atoms with van der Waals surface area (Å²) in [6.45, 7) is 2.97. The number of aromatic hydroxyl groups is 1. The van der Waals surface area contributed by atoms with Crippen LogP contribution in [0.15, 0.2) is 76.9 Å². The van der Waals surface area contributed by atoms with Gasteiger partial charge in [-0.15, -0.1) is 0 Å². The topological polar surface area (TPSA) is 109 Å². The molecule has 3 aliphatic carbocycles. The number of rotatable bonds is 3. The summed E-state index contributed by atoms with van der Waals surface area (Å²) < 4.78 is 14.5. The fourth-order valence-corrected chi connectivity index (χ4v) is 6.58. The maximum absolute atomic E-state index is 14.5. The van der Waals surface area contributed by atoms with Crippen LogP contribution in [0, 0.1) is 23.6 Å². The molecule has 0 aromatic heterocycles. The lowest BCUT2D eigenvalue weighted by atomic mass is 9.59. The zero-order chi connectivity index (χ0) is 27.7. The Bertz CT molecular complexity index is 1610. The predicted molar refractivity (Wildman–Crippen MR) is 138 cm³/mol. The summed E-state index contributed by atoms with van der Waals surface area (Å²) in [4.78, 5) is 66.8. The maximum atomic E-state index is 14.5. The van der Waals surface area contributed by atoms with E-state index in [0.29, 0.717) is 16.8 Å². The number of hydrogen-bond acceptors (Lipinski definition) is 6. The number of carbonyl (C=O) groups is 5. The number of allylic oxidation sites excluding steroid dienone is 6. The lowest BCUT2D eigenvalue weighted by Crippen LogP contribution is -2.39. The zero-order valence-electron chi connectivity index (χ0n) is 21.2. The number of anilines is 1. The van der Waals surface area contributed by atoms with Crippen molar-refractivity contribution in [2.75, 3.05) is 4.90 Å². The van der Waals surface area contributed by atoms with Crippen LogP contribution in [0.3, 0.4) is 0 Å². The third kappa shape index (κ3) is 3.58. The van der Waals surface area contributed by atoms with Crippen molar-refractivity contribution in [1.82, 2.24) is 0 Å². The predicted octanol–water partition coefficient (Wildman–Crippen LogP) is 4.37. The number of fused-ring (bicyclic) bond motifs is 3. The summed E-state index contributed by atoms with van der Waals surface area (Å²) in [6.07, 6.45) is 3.38. The second-order valence-electron chi connectivity index (χ2n) is 10.5. The van der Waals surface area contributed by atoms with Gasteiger partial charge in [-0.1, -0.05) is 23.8 Å². The van der Waals surface area contributed by atoms with E-state index in [9.17, 15) is 33.5 Å². The third-order valence-corrected chi connectivity index (χ3v) is 8.43. The quantitative estimate of drug-likeness (QED) is 0.276. The molecule has 4 aliphatic rings. The molecule has 1 heterocycles. The average Bonchev–Trinajstić information content (AvgIpc) is 3.17. The molecule has 4 atom stereocenters. The Morgan fingerprint density at radius 2 is 1.72 bits per heavy atom. The lowest BCUT2D eigenvalue weighted by molar-refractivity contribution is -0.123. The van der Waals surface area contributed by atoms with E-state index in [1.54, 1.807) is 24.3 Å². The average molecular weight is 526 g/mol. The number of benzene rings is 2. The number of phenols is 1. The van der Waals surface area contributed by atoms with Gasteiger partial charge in [-0.3, -0.25) is 28.9 Å². The van der Waals surface area contributed by atoms with Crippen molar-refractivity contribution < 1.29 is 33.5 Å². The fraction of sp³-hybridized carbons (Fsp3) is 0.258. The van der Waals surface area contributed by atoms with Crippen molar-refractivity contribution in [3.63, 3.8) is 0 Å². The zero-order valence-corrected chi connectivity index (χ0v) is 21.2. The van der Waals surface area contributed by atoms with E-state index >= 15 is 0 Å². The second kappa shape index (κ2) is 8.80. The number of amides is 2. The first-order valence-corrected chi connectivity index (χ1v) is 12.8. The molecule has 39 heavy (non-hydrogen) atoms. The van der Waals surface area contributed by atoms with Gasteiger partial charge >= 0.3 is 0 Å². The van der Waals surface area contributed by atoms with Crippen molar-refractivity contribution in [3.8, 4) is 5.75 Å². The number of hydrogen-bond donors (Lipinski definition) is 1. The van der Waals surface area contributed by atoms with E-state index in [2.05, 4.69) is 0 Å². The molecular formula is C31H24FNO6. The minimum Gasteiger partial charge on any atom is -0.505 e. The molecule has 2 aromatic rings. The number of Topliss-reactive ketones (excluding diaryl/α,β-unsaturated/α-hetero) is 2. The molecule has 2 amide bonds. The number of imide groups is 1. The third-order valence-electron chi connectivity index (χ3n) is 8.43. The maximum Gasteiger partial charge on any atom is 0.238 e. The van der Waals surface area contributed by atoms with Gasteiger partial charge in [0.05, 0.1) is 17.5 Å². The molecule has 0 bridgehead atoms. The Balaban J connectivity index is 1.47. The van der Waals surface area contributed by atoms with Crippen LogP contribution in [0.2, 0.25) is 0 Å². The standard InChI is InChI=1S/C31H24FNO6/c1-14-12-24(35)22-13-21-18(25(27(22)28(14)36)19-4-3-5-23(32)29(19)37)10-11-20-26(21)31(39)33(30(20)38)17-8-6-16(7-9-17)15(2)34/h3-10,12,20-21,25-26,37H,11,13H2,1-2H3/t20-,21+,25+,26-/m0/s1. The van der Waals surface area contributed by atoms with Crippen molar-refractivity contribution in [3.05, 3.63) is 93.9 Å². The van der Waals surface area contributed by atoms with Gasteiger partial charge in [0.15, 0.2) is 28.9 Å². The Morgan fingerprint density at radius 1 is 1.00 bits per heavy atom. The first-order valence-electron chi connectivity index (χ1n) is 12.8. The van der Waals surface area contributed by atoms with Crippen LogP contribution in [0.25, 0.3) is 0 Å². The van der Waals surface area contributed by atoms with E-state index in [-0.39, 0.29) is 58.4 Å². The number of para-hydroxylation sites is 1. The number of phenolic OH excluding ortho intramolecular Hbond substituents is 1. The van der Waals surface area contributed by atoms with Gasteiger partial charge in [0.1, 0.15) is 0 Å². The number of halogens is 1. The normalized spacial score (nSPS) is 26.2. The monoisotopic (exact) mass is 525 g/mol. The van der Waals surface area contributed by atoms with E-state index in [0.717, 1.165) is 11.0 Å². The Kier molecular flexibility index (Phi) is 5.61. The minimum atomic E-state index is -0.928. The molecular weight excluding hydrogens is 501 g/mol. The van der Waals surface area contributed by atoms with Gasteiger partial charge in [0.2, 0.25) is 11.8 Å². The number of nitrogens with zero attached hydrogens (tertiary/aromatic N) is 1. The van der Waals surface area contributed by atoms with Gasteiger partial charge in [-0.25, -0.2) is 4.39 Å². The van der Waals surface area contributed by atoms with Crippen LogP contribution in [0.5, 0.6) is 5.75 Å². The first-order chi connectivity index (χ1) is 18.6. The first kappa shape index (κ1) is 24.9. The van der Waals surface area contributed by atoms with Gasteiger partial charge in [-0.2, -0.15) is 0 Å². The summed E-state index contributed by atoms with van der Waals surface area (Å²) in [7, 11) is 0. The number of ketones is 3. The molecule has 8 heteroatoms. The van der Waals surface area contributed by atoms with Crippen LogP contribution >= 0.6 is 0 Å². The highest BCUT2D eigenvalue weighted by Crippen LogP contribution is 2.56. The van der Waals surface area contributed by atoms with Crippen LogP contribution < -0.4 is 4.90 Å². The highest BCUT2D eigenvalue weighted by atomic mass is 19.1. The van der Waals surface area contributed by atoms with Gasteiger partial charge in [0, 0.05) is 33.8 Å². The molecule has 0 radical (unpaired) electrons. The van der Waals surface area contributed by atoms with Crippen LogP contribution in [0.4, 0.5) is 10.1 Å². The van der Waals surface area contributed by atoms with Crippen molar-refractivity contribution in [2.45, 2.75) is 32.6 Å².